The van der Waals surface area contributed by atoms with Gasteiger partial charge in [-0.3, -0.25) is 9.36 Å². The Bertz CT molecular complexity index is 1660. The summed E-state index contributed by atoms with van der Waals surface area (Å²) in [4.78, 5) is 43.0. The van der Waals surface area contributed by atoms with Gasteiger partial charge in [0.25, 0.3) is 5.56 Å². The van der Waals surface area contributed by atoms with E-state index in [0.717, 1.165) is 0 Å². The fraction of sp³-hybridized carbons (Fsp3) is 0.259. The number of hydrogen-bond acceptors (Lipinski definition) is 8. The fourth-order valence-electron chi connectivity index (χ4n) is 4.07. The second-order valence-electron chi connectivity index (χ2n) is 8.80. The van der Waals surface area contributed by atoms with Gasteiger partial charge in [0.1, 0.15) is 0 Å². The number of benzene rings is 2. The Balaban J connectivity index is 1.88. The van der Waals surface area contributed by atoms with Crippen LogP contribution in [0, 0.1) is 3.57 Å². The van der Waals surface area contributed by atoms with Crippen molar-refractivity contribution in [3.63, 3.8) is 0 Å². The summed E-state index contributed by atoms with van der Waals surface area (Å²) in [6.07, 6.45) is 1.34. The zero-order valence-electron chi connectivity index (χ0n) is 21.4. The summed E-state index contributed by atoms with van der Waals surface area (Å²) in [6, 6.07) is 9.61. The summed E-state index contributed by atoms with van der Waals surface area (Å²) in [5.41, 5.74) is 1.74. The number of thiazole rings is 1. The standard InChI is InChI=1S/C27H24ClIN2O7S/c1-13(2)38-26(35)22-14(3)30-27-31(23(22)16-5-7-17(28)8-6-16)25(34)20(39-27)11-15-9-18(29)24(19(10-15)36-4)37-12-21(32)33/h5-11,13,23H,12H2,1-4H3,(H,32,33)/b20-11-/t23-/m0/s1. The van der Waals surface area contributed by atoms with Gasteiger partial charge < -0.3 is 19.3 Å². The Morgan fingerprint density at radius 1 is 1.26 bits per heavy atom. The molecule has 1 aliphatic heterocycles. The minimum atomic E-state index is -1.11. The van der Waals surface area contributed by atoms with Crippen molar-refractivity contribution < 1.29 is 28.9 Å². The van der Waals surface area contributed by atoms with Crippen LogP contribution in [0.2, 0.25) is 5.02 Å². The highest BCUT2D eigenvalue weighted by Crippen LogP contribution is 2.34. The minimum absolute atomic E-state index is 0.279. The number of hydrogen-bond donors (Lipinski definition) is 1. The molecule has 0 unspecified atom stereocenters. The number of carbonyl (C=O) groups excluding carboxylic acids is 1. The second kappa shape index (κ2) is 11.9. The van der Waals surface area contributed by atoms with E-state index < -0.39 is 24.6 Å². The van der Waals surface area contributed by atoms with Crippen molar-refractivity contribution >= 4 is 63.5 Å². The number of ether oxygens (including phenoxy) is 3. The van der Waals surface area contributed by atoms with Crippen LogP contribution in [0.15, 0.2) is 57.5 Å². The first-order valence-corrected chi connectivity index (χ1v) is 14.0. The quantitative estimate of drug-likeness (QED) is 0.283. The minimum Gasteiger partial charge on any atom is -0.493 e. The van der Waals surface area contributed by atoms with Crippen molar-refractivity contribution in [2.75, 3.05) is 13.7 Å². The van der Waals surface area contributed by atoms with Crippen LogP contribution in [0.5, 0.6) is 11.5 Å². The maximum atomic E-state index is 13.8. The summed E-state index contributed by atoms with van der Waals surface area (Å²) >= 11 is 9.33. The summed E-state index contributed by atoms with van der Waals surface area (Å²) < 4.78 is 18.8. The van der Waals surface area contributed by atoms with E-state index in [1.807, 2.05) is 22.6 Å². The molecule has 0 amide bonds. The summed E-state index contributed by atoms with van der Waals surface area (Å²) in [7, 11) is 1.45. The van der Waals surface area contributed by atoms with Gasteiger partial charge in [0.15, 0.2) is 22.9 Å². The van der Waals surface area contributed by atoms with Crippen LogP contribution >= 0.6 is 45.5 Å². The van der Waals surface area contributed by atoms with Crippen LogP contribution in [0.25, 0.3) is 6.08 Å². The molecule has 204 valence electrons. The first kappa shape index (κ1) is 28.8. The molecule has 1 aromatic heterocycles. The monoisotopic (exact) mass is 682 g/mol. The van der Waals surface area contributed by atoms with E-state index in [0.29, 0.717) is 46.2 Å². The van der Waals surface area contributed by atoms with Crippen molar-refractivity contribution in [3.8, 4) is 11.5 Å². The average molecular weight is 683 g/mol. The van der Waals surface area contributed by atoms with Crippen LogP contribution in [0.1, 0.15) is 37.9 Å². The van der Waals surface area contributed by atoms with Gasteiger partial charge in [-0.2, -0.15) is 0 Å². The number of allylic oxidation sites excluding steroid dienone is 1. The Labute approximate surface area is 246 Å². The Morgan fingerprint density at radius 2 is 1.95 bits per heavy atom. The molecule has 1 N–H and O–H groups in total. The molecule has 2 aromatic carbocycles. The molecule has 4 rings (SSSR count). The van der Waals surface area contributed by atoms with Crippen molar-refractivity contribution in [3.05, 3.63) is 87.1 Å². The van der Waals surface area contributed by atoms with Crippen molar-refractivity contribution in [1.82, 2.24) is 4.57 Å². The topological polar surface area (TPSA) is 116 Å². The molecule has 3 aromatic rings. The first-order valence-electron chi connectivity index (χ1n) is 11.7. The molecule has 0 saturated carbocycles. The first-order chi connectivity index (χ1) is 18.5. The number of carbonyl (C=O) groups is 2. The lowest BCUT2D eigenvalue weighted by molar-refractivity contribution is -0.143. The molecule has 1 aliphatic rings. The molecule has 0 fully saturated rings. The van der Waals surface area contributed by atoms with Gasteiger partial charge in [-0.05, 0) is 84.8 Å². The average Bonchev–Trinajstić information content (AvgIpc) is 3.16. The predicted octanol–water partition coefficient (Wildman–Crippen LogP) is 3.92. The normalized spacial score (nSPS) is 15.2. The highest BCUT2D eigenvalue weighted by atomic mass is 127. The SMILES string of the molecule is COc1cc(/C=c2\sc3n(c2=O)[C@@H](c2ccc(Cl)cc2)C(C(=O)OC(C)C)=C(C)N=3)cc(I)c1OCC(=O)O. The number of methoxy groups -OCH3 is 1. The lowest BCUT2D eigenvalue weighted by atomic mass is 9.96. The van der Waals surface area contributed by atoms with Gasteiger partial charge in [-0.1, -0.05) is 35.1 Å². The summed E-state index contributed by atoms with van der Waals surface area (Å²) in [5.74, 6) is -1.03. The molecule has 9 nitrogen and oxygen atoms in total. The van der Waals surface area contributed by atoms with E-state index in [-0.39, 0.29) is 17.2 Å². The smallest absolute Gasteiger partial charge is 0.341 e. The zero-order valence-corrected chi connectivity index (χ0v) is 25.1. The van der Waals surface area contributed by atoms with Gasteiger partial charge in [-0.15, -0.1) is 0 Å². The number of fused-ring (bicyclic) bond motifs is 1. The van der Waals surface area contributed by atoms with Crippen LogP contribution in [0.3, 0.4) is 0 Å². The molecule has 0 bridgehead atoms. The van der Waals surface area contributed by atoms with Gasteiger partial charge in [0.05, 0.1) is 38.6 Å². The molecule has 0 aliphatic carbocycles. The van der Waals surface area contributed by atoms with E-state index in [4.69, 9.17) is 30.9 Å². The largest absolute Gasteiger partial charge is 0.493 e. The third-order valence-corrected chi connectivity index (χ3v) is 7.70. The van der Waals surface area contributed by atoms with Crippen LogP contribution in [-0.4, -0.2) is 41.4 Å². The predicted molar refractivity (Wildman–Crippen MR) is 155 cm³/mol. The number of carboxylic acid groups (broad SMARTS) is 1. The number of rotatable bonds is 8. The highest BCUT2D eigenvalue weighted by molar-refractivity contribution is 14.1. The third kappa shape index (κ3) is 6.20. The summed E-state index contributed by atoms with van der Waals surface area (Å²) in [5, 5.41) is 9.49. The number of aliphatic carboxylic acids is 1. The van der Waals surface area contributed by atoms with Gasteiger partial charge in [0.2, 0.25) is 0 Å². The van der Waals surface area contributed by atoms with E-state index in [1.165, 1.54) is 23.0 Å². The second-order valence-corrected chi connectivity index (χ2v) is 11.4. The van der Waals surface area contributed by atoms with Gasteiger partial charge >= 0.3 is 11.9 Å². The lowest BCUT2D eigenvalue weighted by Gasteiger charge is -2.25. The number of carboxylic acids is 1. The number of esters is 1. The zero-order chi connectivity index (χ0) is 28.4. The number of halogens is 2. The van der Waals surface area contributed by atoms with E-state index in [2.05, 4.69) is 4.99 Å². The van der Waals surface area contributed by atoms with E-state index in [1.54, 1.807) is 63.2 Å². The van der Waals surface area contributed by atoms with E-state index in [9.17, 15) is 14.4 Å². The molecule has 0 saturated heterocycles. The van der Waals surface area contributed by atoms with Crippen molar-refractivity contribution in [2.45, 2.75) is 32.9 Å². The van der Waals surface area contributed by atoms with Gasteiger partial charge in [0, 0.05) is 5.02 Å². The highest BCUT2D eigenvalue weighted by Gasteiger charge is 2.33. The fourth-order valence-corrected chi connectivity index (χ4v) is 6.02. The number of aromatic nitrogens is 1. The molecule has 12 heteroatoms. The maximum Gasteiger partial charge on any atom is 0.341 e. The molecule has 1 atom stereocenters. The Hall–Kier alpha value is -3.16. The summed E-state index contributed by atoms with van der Waals surface area (Å²) in [6.45, 7) is 4.72. The molecule has 39 heavy (non-hydrogen) atoms. The van der Waals surface area contributed by atoms with E-state index >= 15 is 0 Å². The molecule has 0 spiro atoms. The Morgan fingerprint density at radius 3 is 2.56 bits per heavy atom. The molecular weight excluding hydrogens is 659 g/mol. The maximum absolute atomic E-state index is 13.8. The van der Waals surface area contributed by atoms with Crippen molar-refractivity contribution in [1.29, 1.82) is 0 Å². The van der Waals surface area contributed by atoms with Crippen LogP contribution < -0.4 is 24.4 Å². The van der Waals surface area contributed by atoms with Crippen LogP contribution in [0.4, 0.5) is 0 Å². The lowest BCUT2D eigenvalue weighted by Crippen LogP contribution is -2.40. The van der Waals surface area contributed by atoms with Crippen LogP contribution in [-0.2, 0) is 14.3 Å². The molecule has 2 heterocycles. The molecular formula is C27H24ClIN2O7S. The van der Waals surface area contributed by atoms with Gasteiger partial charge in [-0.25, -0.2) is 14.6 Å². The third-order valence-electron chi connectivity index (χ3n) is 5.66. The molecule has 0 radical (unpaired) electrons. The number of nitrogens with zero attached hydrogens (tertiary/aromatic N) is 2. The Kier molecular flexibility index (Phi) is 8.82. The van der Waals surface area contributed by atoms with Crippen molar-refractivity contribution in [2.24, 2.45) is 4.99 Å².